The van der Waals surface area contributed by atoms with E-state index < -0.39 is 0 Å². The predicted octanol–water partition coefficient (Wildman–Crippen LogP) is 8.32. The van der Waals surface area contributed by atoms with Crippen LogP contribution in [0.15, 0.2) is 36.7 Å². The highest BCUT2D eigenvalue weighted by Crippen LogP contribution is 2.26. The number of aromatic nitrogens is 2. The number of unbranched alkanes of at least 4 members (excludes halogenated alkanes) is 9. The SMILES string of the molecule is CCCCCCCCc1cn2cc(-c3ccc(OCCCCCCC)cc3)nc2s1. The van der Waals surface area contributed by atoms with Crippen molar-refractivity contribution >= 4 is 16.3 Å². The summed E-state index contributed by atoms with van der Waals surface area (Å²) in [7, 11) is 0. The van der Waals surface area contributed by atoms with Crippen LogP contribution in [0.5, 0.6) is 5.75 Å². The molecule has 0 saturated carbocycles. The molecule has 0 saturated heterocycles. The van der Waals surface area contributed by atoms with Crippen LogP contribution in [0.25, 0.3) is 16.2 Å². The number of aryl methyl sites for hydroxylation is 1. The molecule has 30 heavy (non-hydrogen) atoms. The molecular formula is C26H38N2OS. The van der Waals surface area contributed by atoms with Gasteiger partial charge in [0, 0.05) is 22.8 Å². The van der Waals surface area contributed by atoms with Crippen LogP contribution in [-0.2, 0) is 6.42 Å². The third kappa shape index (κ3) is 7.16. The Bertz CT molecular complexity index is 818. The highest BCUT2D eigenvalue weighted by Gasteiger charge is 2.08. The van der Waals surface area contributed by atoms with Crippen molar-refractivity contribution < 1.29 is 4.74 Å². The van der Waals surface area contributed by atoms with Crippen LogP contribution in [0, 0.1) is 0 Å². The van der Waals surface area contributed by atoms with E-state index in [2.05, 4.69) is 54.9 Å². The number of fused-ring (bicyclic) bond motifs is 1. The molecule has 1 aromatic carbocycles. The summed E-state index contributed by atoms with van der Waals surface area (Å²) < 4.78 is 8.07. The van der Waals surface area contributed by atoms with Crippen molar-refractivity contribution in [2.45, 2.75) is 90.9 Å². The molecular weight excluding hydrogens is 388 g/mol. The molecule has 0 aliphatic carbocycles. The van der Waals surface area contributed by atoms with Gasteiger partial charge in [0.1, 0.15) is 5.75 Å². The van der Waals surface area contributed by atoms with Crippen LogP contribution in [-0.4, -0.2) is 16.0 Å². The summed E-state index contributed by atoms with van der Waals surface area (Å²) in [5.41, 5.74) is 2.19. The molecule has 0 unspecified atom stereocenters. The number of benzene rings is 1. The van der Waals surface area contributed by atoms with E-state index in [4.69, 9.17) is 9.72 Å². The molecule has 0 fully saturated rings. The van der Waals surface area contributed by atoms with E-state index in [-0.39, 0.29) is 0 Å². The van der Waals surface area contributed by atoms with Crippen LogP contribution in [0.4, 0.5) is 0 Å². The number of hydrogen-bond acceptors (Lipinski definition) is 3. The Morgan fingerprint density at radius 1 is 0.800 bits per heavy atom. The first-order valence-electron chi connectivity index (χ1n) is 12.0. The van der Waals surface area contributed by atoms with Crippen molar-refractivity contribution in [1.82, 2.24) is 9.38 Å². The second-order valence-electron chi connectivity index (χ2n) is 8.32. The molecule has 3 nitrogen and oxygen atoms in total. The summed E-state index contributed by atoms with van der Waals surface area (Å²) in [4.78, 5) is 7.39. The van der Waals surface area contributed by atoms with Crippen LogP contribution >= 0.6 is 11.3 Å². The first-order chi connectivity index (χ1) is 14.8. The Labute approximate surface area is 186 Å². The lowest BCUT2D eigenvalue weighted by Crippen LogP contribution is -1.97. The van der Waals surface area contributed by atoms with Crippen LogP contribution in [0.2, 0.25) is 0 Å². The molecule has 164 valence electrons. The number of thiazole rings is 1. The van der Waals surface area contributed by atoms with Gasteiger partial charge in [0.2, 0.25) is 0 Å². The largest absolute Gasteiger partial charge is 0.494 e. The lowest BCUT2D eigenvalue weighted by Gasteiger charge is -2.06. The minimum absolute atomic E-state index is 0.810. The Kier molecular flexibility index (Phi) is 9.75. The zero-order valence-electron chi connectivity index (χ0n) is 18.9. The number of hydrogen-bond donors (Lipinski definition) is 0. The predicted molar refractivity (Wildman–Crippen MR) is 130 cm³/mol. The van der Waals surface area contributed by atoms with Gasteiger partial charge < -0.3 is 4.74 Å². The van der Waals surface area contributed by atoms with Gasteiger partial charge in [-0.15, -0.1) is 11.3 Å². The van der Waals surface area contributed by atoms with Crippen LogP contribution in [0.1, 0.15) is 89.4 Å². The standard InChI is InChI=1S/C26H38N2OS/c1-3-5-7-9-10-12-14-24-20-28-21-25(27-26(28)30-24)22-15-17-23(18-16-22)29-19-13-11-8-6-4-2/h15-18,20-21H,3-14,19H2,1-2H3. The second kappa shape index (κ2) is 12.8. The van der Waals surface area contributed by atoms with Crippen LogP contribution in [0.3, 0.4) is 0 Å². The smallest absolute Gasteiger partial charge is 0.194 e. The van der Waals surface area contributed by atoms with E-state index in [9.17, 15) is 0 Å². The summed E-state index contributed by atoms with van der Waals surface area (Å²) in [6.45, 7) is 5.33. The van der Waals surface area contributed by atoms with Gasteiger partial charge in [-0.2, -0.15) is 0 Å². The highest BCUT2D eigenvalue weighted by molar-refractivity contribution is 7.17. The normalized spacial score (nSPS) is 11.4. The van der Waals surface area contributed by atoms with Crippen molar-refractivity contribution in [3.8, 4) is 17.0 Å². The highest BCUT2D eigenvalue weighted by atomic mass is 32.1. The Morgan fingerprint density at radius 2 is 1.47 bits per heavy atom. The average Bonchev–Trinajstić information content (AvgIpc) is 3.32. The zero-order valence-corrected chi connectivity index (χ0v) is 19.7. The van der Waals surface area contributed by atoms with Gasteiger partial charge in [0.05, 0.1) is 12.3 Å². The maximum atomic E-state index is 5.88. The third-order valence-electron chi connectivity index (χ3n) is 5.65. The monoisotopic (exact) mass is 426 g/mol. The van der Waals surface area contributed by atoms with E-state index in [1.165, 1.54) is 75.5 Å². The van der Waals surface area contributed by atoms with Crippen molar-refractivity contribution in [3.05, 3.63) is 41.5 Å². The van der Waals surface area contributed by atoms with Gasteiger partial charge in [-0.3, -0.25) is 4.40 Å². The van der Waals surface area contributed by atoms with E-state index in [1.807, 2.05) is 11.3 Å². The molecule has 4 heteroatoms. The second-order valence-corrected chi connectivity index (χ2v) is 9.41. The zero-order chi connectivity index (χ0) is 21.0. The summed E-state index contributed by atoms with van der Waals surface area (Å²) in [5.74, 6) is 0.955. The molecule has 2 heterocycles. The Hall–Kier alpha value is -1.81. The Morgan fingerprint density at radius 3 is 2.17 bits per heavy atom. The van der Waals surface area contributed by atoms with E-state index >= 15 is 0 Å². The summed E-state index contributed by atoms with van der Waals surface area (Å²) in [6, 6.07) is 8.38. The molecule has 0 bridgehead atoms. The lowest BCUT2D eigenvalue weighted by atomic mass is 10.1. The Balaban J connectivity index is 1.45. The minimum Gasteiger partial charge on any atom is -0.494 e. The maximum absolute atomic E-state index is 5.88. The fourth-order valence-electron chi connectivity index (χ4n) is 3.80. The molecule has 0 spiro atoms. The average molecular weight is 427 g/mol. The number of imidazole rings is 1. The number of ether oxygens (including phenoxy) is 1. The molecule has 0 radical (unpaired) electrons. The van der Waals surface area contributed by atoms with E-state index in [0.29, 0.717) is 0 Å². The molecule has 0 amide bonds. The lowest BCUT2D eigenvalue weighted by molar-refractivity contribution is 0.304. The number of nitrogens with zero attached hydrogens (tertiary/aromatic N) is 2. The van der Waals surface area contributed by atoms with Gasteiger partial charge in [-0.05, 0) is 43.5 Å². The molecule has 3 rings (SSSR count). The van der Waals surface area contributed by atoms with Gasteiger partial charge in [0.15, 0.2) is 4.96 Å². The molecule has 3 aromatic rings. The first kappa shape index (κ1) is 22.9. The third-order valence-corrected chi connectivity index (χ3v) is 6.70. The van der Waals surface area contributed by atoms with Gasteiger partial charge in [-0.1, -0.05) is 71.6 Å². The van der Waals surface area contributed by atoms with Crippen molar-refractivity contribution in [2.75, 3.05) is 6.61 Å². The first-order valence-corrected chi connectivity index (χ1v) is 12.8. The van der Waals surface area contributed by atoms with Crippen molar-refractivity contribution in [2.24, 2.45) is 0 Å². The molecule has 0 atom stereocenters. The quantitative estimate of drug-likeness (QED) is 0.228. The van der Waals surface area contributed by atoms with E-state index in [0.717, 1.165) is 35.0 Å². The van der Waals surface area contributed by atoms with Crippen molar-refractivity contribution in [3.63, 3.8) is 0 Å². The maximum Gasteiger partial charge on any atom is 0.194 e. The van der Waals surface area contributed by atoms with Gasteiger partial charge in [-0.25, -0.2) is 4.98 Å². The topological polar surface area (TPSA) is 26.5 Å². The fraction of sp³-hybridized carbons (Fsp3) is 0.577. The van der Waals surface area contributed by atoms with Crippen LogP contribution < -0.4 is 4.74 Å². The minimum atomic E-state index is 0.810. The molecule has 0 aliphatic rings. The summed E-state index contributed by atoms with van der Waals surface area (Å²) in [6.07, 6.45) is 20.0. The van der Waals surface area contributed by atoms with Crippen molar-refractivity contribution in [1.29, 1.82) is 0 Å². The van der Waals surface area contributed by atoms with E-state index in [1.54, 1.807) is 0 Å². The number of rotatable bonds is 15. The molecule has 0 aliphatic heterocycles. The van der Waals surface area contributed by atoms with Gasteiger partial charge in [0.25, 0.3) is 0 Å². The molecule has 0 N–H and O–H groups in total. The molecule has 2 aromatic heterocycles. The fourth-order valence-corrected chi connectivity index (χ4v) is 4.80. The van der Waals surface area contributed by atoms with Gasteiger partial charge >= 0.3 is 0 Å². The summed E-state index contributed by atoms with van der Waals surface area (Å²) >= 11 is 1.83. The summed E-state index contributed by atoms with van der Waals surface area (Å²) in [5, 5.41) is 0.